The van der Waals surface area contributed by atoms with Crippen LogP contribution in [0.15, 0.2) is 59.4 Å². The lowest BCUT2D eigenvalue weighted by molar-refractivity contribution is 0.0951. The third-order valence-electron chi connectivity index (χ3n) is 4.77. The number of aromatic nitrogens is 2. The summed E-state index contributed by atoms with van der Waals surface area (Å²) in [7, 11) is 3.93. The molecule has 3 N–H and O–H groups in total. The van der Waals surface area contributed by atoms with Gasteiger partial charge in [0.1, 0.15) is 0 Å². The summed E-state index contributed by atoms with van der Waals surface area (Å²) < 4.78 is 0. The summed E-state index contributed by atoms with van der Waals surface area (Å²) in [6, 6.07) is 17.0. The van der Waals surface area contributed by atoms with Crippen molar-refractivity contribution in [2.24, 2.45) is 0 Å². The Morgan fingerprint density at radius 2 is 1.75 bits per heavy atom. The number of rotatable bonds is 5. The van der Waals surface area contributed by atoms with Gasteiger partial charge in [0, 0.05) is 35.1 Å². The number of benzene rings is 2. The molecule has 2 heterocycles. The summed E-state index contributed by atoms with van der Waals surface area (Å²) >= 11 is 0. The van der Waals surface area contributed by atoms with Crippen LogP contribution in [0.3, 0.4) is 0 Å². The molecule has 4 rings (SSSR count). The molecule has 6 nitrogen and oxygen atoms in total. The molecule has 142 valence electrons. The maximum absolute atomic E-state index is 12.5. The van der Waals surface area contributed by atoms with Crippen LogP contribution in [0.1, 0.15) is 10.4 Å². The summed E-state index contributed by atoms with van der Waals surface area (Å²) in [5.41, 5.74) is 3.38. The molecule has 4 aromatic rings. The van der Waals surface area contributed by atoms with E-state index in [0.29, 0.717) is 17.7 Å². The number of nitrogens with one attached hydrogen (secondary N) is 3. The van der Waals surface area contributed by atoms with Gasteiger partial charge in [-0.25, -0.2) is 0 Å². The second-order valence-corrected chi connectivity index (χ2v) is 7.14. The molecule has 0 fully saturated rings. The average Bonchev–Trinajstić information content (AvgIpc) is 3.10. The van der Waals surface area contributed by atoms with E-state index < -0.39 is 0 Å². The van der Waals surface area contributed by atoms with Crippen molar-refractivity contribution < 1.29 is 4.79 Å². The zero-order chi connectivity index (χ0) is 19.7. The molecule has 0 bridgehead atoms. The fourth-order valence-electron chi connectivity index (χ4n) is 3.26. The normalized spacial score (nSPS) is 11.4. The summed E-state index contributed by atoms with van der Waals surface area (Å²) in [5, 5.41) is 4.83. The van der Waals surface area contributed by atoms with Crippen molar-refractivity contribution >= 4 is 27.7 Å². The van der Waals surface area contributed by atoms with Crippen LogP contribution in [0.5, 0.6) is 0 Å². The number of nitrogens with zero attached hydrogens (tertiary/aromatic N) is 1. The van der Waals surface area contributed by atoms with Crippen LogP contribution in [-0.2, 0) is 0 Å². The Balaban J connectivity index is 1.66. The van der Waals surface area contributed by atoms with Gasteiger partial charge in [-0.15, -0.1) is 0 Å². The number of carbonyl (C=O) groups is 1. The second-order valence-electron chi connectivity index (χ2n) is 7.14. The van der Waals surface area contributed by atoms with Gasteiger partial charge in [-0.3, -0.25) is 9.59 Å². The van der Waals surface area contributed by atoms with Crippen molar-refractivity contribution in [1.29, 1.82) is 0 Å². The zero-order valence-electron chi connectivity index (χ0n) is 15.9. The van der Waals surface area contributed by atoms with Crippen LogP contribution in [0.25, 0.3) is 33.1 Å². The Bertz CT molecular complexity index is 1220. The number of hydrogen-bond acceptors (Lipinski definition) is 3. The fourth-order valence-corrected chi connectivity index (χ4v) is 3.26. The summed E-state index contributed by atoms with van der Waals surface area (Å²) in [6.07, 6.45) is 0. The minimum absolute atomic E-state index is 0.108. The van der Waals surface area contributed by atoms with Crippen LogP contribution in [0.4, 0.5) is 0 Å². The topological polar surface area (TPSA) is 81.0 Å². The van der Waals surface area contributed by atoms with Crippen molar-refractivity contribution in [3.05, 3.63) is 70.5 Å². The van der Waals surface area contributed by atoms with Gasteiger partial charge in [-0.2, -0.15) is 0 Å². The van der Waals surface area contributed by atoms with Gasteiger partial charge in [0.2, 0.25) is 0 Å². The SMILES string of the molecule is CN(C)CCNC(=O)c1ccc2cc(-c3cc4ccccc4[nH]c3=O)[nH]c2c1. The molecule has 0 spiro atoms. The van der Waals surface area contributed by atoms with Crippen molar-refractivity contribution in [3.8, 4) is 11.3 Å². The molecule has 0 saturated carbocycles. The molecule has 0 atom stereocenters. The van der Waals surface area contributed by atoms with Crippen LogP contribution in [0.2, 0.25) is 0 Å². The van der Waals surface area contributed by atoms with E-state index >= 15 is 0 Å². The van der Waals surface area contributed by atoms with Gasteiger partial charge in [0.15, 0.2) is 0 Å². The first-order valence-electron chi connectivity index (χ1n) is 9.19. The van der Waals surface area contributed by atoms with E-state index in [2.05, 4.69) is 15.3 Å². The van der Waals surface area contributed by atoms with Gasteiger partial charge < -0.3 is 20.2 Å². The van der Waals surface area contributed by atoms with E-state index in [9.17, 15) is 9.59 Å². The molecule has 0 aliphatic carbocycles. The van der Waals surface area contributed by atoms with Crippen molar-refractivity contribution in [2.45, 2.75) is 0 Å². The number of aromatic amines is 2. The Hall–Kier alpha value is -3.38. The van der Waals surface area contributed by atoms with E-state index in [1.165, 1.54) is 0 Å². The Kier molecular flexibility index (Phi) is 4.71. The molecular weight excluding hydrogens is 352 g/mol. The third kappa shape index (κ3) is 3.54. The van der Waals surface area contributed by atoms with E-state index in [-0.39, 0.29) is 11.5 Å². The summed E-state index contributed by atoms with van der Waals surface area (Å²) in [6.45, 7) is 1.37. The van der Waals surface area contributed by atoms with Gasteiger partial charge in [0.05, 0.1) is 11.3 Å². The molecule has 0 radical (unpaired) electrons. The predicted molar refractivity (Wildman–Crippen MR) is 113 cm³/mol. The van der Waals surface area contributed by atoms with Crippen LogP contribution in [-0.4, -0.2) is 48.0 Å². The lowest BCUT2D eigenvalue weighted by Crippen LogP contribution is -2.31. The number of hydrogen-bond donors (Lipinski definition) is 3. The first kappa shape index (κ1) is 18.0. The quantitative estimate of drug-likeness (QED) is 0.502. The van der Waals surface area contributed by atoms with Crippen molar-refractivity contribution in [3.63, 3.8) is 0 Å². The number of para-hydroxylation sites is 1. The number of carbonyl (C=O) groups excluding carboxylic acids is 1. The first-order valence-corrected chi connectivity index (χ1v) is 9.19. The minimum Gasteiger partial charge on any atom is -0.354 e. The minimum atomic E-state index is -0.146. The fraction of sp³-hybridized carbons (Fsp3) is 0.182. The highest BCUT2D eigenvalue weighted by molar-refractivity contribution is 5.99. The van der Waals surface area contributed by atoms with Crippen LogP contribution < -0.4 is 10.9 Å². The van der Waals surface area contributed by atoms with E-state index in [4.69, 9.17) is 0 Å². The first-order chi connectivity index (χ1) is 13.5. The van der Waals surface area contributed by atoms with Gasteiger partial charge >= 0.3 is 0 Å². The number of likely N-dealkylation sites (N-methyl/N-ethyl adjacent to an activating group) is 1. The standard InChI is InChI=1S/C22H22N4O2/c1-26(2)10-9-23-21(27)16-8-7-15-12-20(24-19(15)13-16)17-11-14-5-3-4-6-18(14)25-22(17)28/h3-8,11-13,24H,9-10H2,1-2H3,(H,23,27)(H,25,28). The number of fused-ring (bicyclic) bond motifs is 2. The number of pyridine rings is 1. The molecule has 2 aromatic heterocycles. The molecule has 28 heavy (non-hydrogen) atoms. The molecule has 0 aliphatic rings. The Labute approximate surface area is 162 Å². The Morgan fingerprint density at radius 1 is 0.964 bits per heavy atom. The molecule has 6 heteroatoms. The number of H-pyrrole nitrogens is 2. The third-order valence-corrected chi connectivity index (χ3v) is 4.77. The average molecular weight is 374 g/mol. The van der Waals surface area contributed by atoms with E-state index in [1.54, 1.807) is 6.07 Å². The lowest BCUT2D eigenvalue weighted by atomic mass is 10.1. The maximum Gasteiger partial charge on any atom is 0.257 e. The zero-order valence-corrected chi connectivity index (χ0v) is 15.9. The molecule has 0 unspecified atom stereocenters. The summed E-state index contributed by atoms with van der Waals surface area (Å²) in [5.74, 6) is -0.108. The van der Waals surface area contributed by atoms with Gasteiger partial charge in [0.25, 0.3) is 11.5 Å². The summed E-state index contributed by atoms with van der Waals surface area (Å²) in [4.78, 5) is 33.1. The predicted octanol–water partition coefficient (Wildman–Crippen LogP) is 2.97. The molecular formula is C22H22N4O2. The monoisotopic (exact) mass is 374 g/mol. The number of amides is 1. The Morgan fingerprint density at radius 3 is 2.57 bits per heavy atom. The van der Waals surface area contributed by atoms with Crippen LogP contribution >= 0.6 is 0 Å². The molecule has 1 amide bonds. The lowest BCUT2D eigenvalue weighted by Gasteiger charge is -2.10. The van der Waals surface area contributed by atoms with E-state index in [1.807, 2.05) is 67.5 Å². The molecule has 0 aliphatic heterocycles. The largest absolute Gasteiger partial charge is 0.354 e. The van der Waals surface area contributed by atoms with Crippen molar-refractivity contribution in [1.82, 2.24) is 20.2 Å². The molecule has 2 aromatic carbocycles. The van der Waals surface area contributed by atoms with E-state index in [0.717, 1.165) is 34.0 Å². The van der Waals surface area contributed by atoms with Gasteiger partial charge in [-0.05, 0) is 49.8 Å². The van der Waals surface area contributed by atoms with Crippen molar-refractivity contribution in [2.75, 3.05) is 27.2 Å². The van der Waals surface area contributed by atoms with Gasteiger partial charge in [-0.1, -0.05) is 24.3 Å². The highest BCUT2D eigenvalue weighted by Crippen LogP contribution is 2.24. The van der Waals surface area contributed by atoms with Crippen LogP contribution in [0, 0.1) is 0 Å². The smallest absolute Gasteiger partial charge is 0.257 e. The highest BCUT2D eigenvalue weighted by Gasteiger charge is 2.11. The highest BCUT2D eigenvalue weighted by atomic mass is 16.1. The maximum atomic E-state index is 12.5. The second kappa shape index (κ2) is 7.32. The molecule has 0 saturated heterocycles.